The molecule has 21 heavy (non-hydrogen) atoms. The Labute approximate surface area is 117 Å². The van der Waals surface area contributed by atoms with Crippen molar-refractivity contribution in [3.8, 4) is 0 Å². The zero-order valence-corrected chi connectivity index (χ0v) is 11.2. The van der Waals surface area contributed by atoms with E-state index in [9.17, 15) is 22.8 Å². The smallest absolute Gasteiger partial charge is 0.416 e. The van der Waals surface area contributed by atoms with Gasteiger partial charge in [0.15, 0.2) is 5.76 Å². The van der Waals surface area contributed by atoms with Gasteiger partial charge in [0, 0.05) is 10.9 Å². The van der Waals surface area contributed by atoms with Crippen molar-refractivity contribution in [2.75, 3.05) is 6.61 Å². The van der Waals surface area contributed by atoms with Gasteiger partial charge in [0.25, 0.3) is 0 Å². The standard InChI is InChI=1S/C14H11F3O4/c1-3-20-13(19)11(18)12-7(2)9-5-4-8(14(15,16)17)6-10(9)21-12/h4-6H,3H2,1-2H3. The monoisotopic (exact) mass is 300 g/mol. The fourth-order valence-electron chi connectivity index (χ4n) is 1.91. The lowest BCUT2D eigenvalue weighted by Crippen LogP contribution is -2.17. The summed E-state index contributed by atoms with van der Waals surface area (Å²) < 4.78 is 47.6. The van der Waals surface area contributed by atoms with Crippen LogP contribution in [-0.2, 0) is 15.7 Å². The maximum Gasteiger partial charge on any atom is 0.416 e. The summed E-state index contributed by atoms with van der Waals surface area (Å²) in [4.78, 5) is 23.2. The summed E-state index contributed by atoms with van der Waals surface area (Å²) in [5.74, 6) is -2.42. The Bertz CT molecular complexity index is 713. The van der Waals surface area contributed by atoms with Gasteiger partial charge < -0.3 is 9.15 Å². The first-order valence-corrected chi connectivity index (χ1v) is 6.07. The highest BCUT2D eigenvalue weighted by atomic mass is 19.4. The van der Waals surface area contributed by atoms with Crippen molar-refractivity contribution >= 4 is 22.7 Å². The SMILES string of the molecule is CCOC(=O)C(=O)c1oc2cc(C(F)(F)F)ccc2c1C. The number of halogens is 3. The molecule has 0 radical (unpaired) electrons. The second-order valence-electron chi connectivity index (χ2n) is 4.31. The molecule has 4 nitrogen and oxygen atoms in total. The Morgan fingerprint density at radius 1 is 1.29 bits per heavy atom. The quantitative estimate of drug-likeness (QED) is 0.494. The molecule has 0 aliphatic rings. The number of rotatable bonds is 3. The van der Waals surface area contributed by atoms with Gasteiger partial charge in [-0.25, -0.2) is 4.79 Å². The molecule has 1 heterocycles. The van der Waals surface area contributed by atoms with Crippen LogP contribution in [0.5, 0.6) is 0 Å². The van der Waals surface area contributed by atoms with Gasteiger partial charge in [0.05, 0.1) is 12.2 Å². The Hall–Kier alpha value is -2.31. The number of Topliss-reactive ketones (excluding diaryl/α,β-unsaturated/α-hetero) is 1. The summed E-state index contributed by atoms with van der Waals surface area (Å²) in [6.45, 7) is 3.04. The minimum Gasteiger partial charge on any atom is -0.460 e. The molecule has 0 atom stereocenters. The van der Waals surface area contributed by atoms with Crippen LogP contribution in [0.1, 0.15) is 28.6 Å². The number of hydrogen-bond donors (Lipinski definition) is 0. The van der Waals surface area contributed by atoms with Gasteiger partial charge in [0.2, 0.25) is 0 Å². The topological polar surface area (TPSA) is 56.5 Å². The lowest BCUT2D eigenvalue weighted by Gasteiger charge is -2.05. The number of benzene rings is 1. The Kier molecular flexibility index (Phi) is 3.76. The molecular formula is C14H11F3O4. The maximum absolute atomic E-state index is 12.6. The molecule has 7 heteroatoms. The number of esters is 1. The van der Waals surface area contributed by atoms with Gasteiger partial charge >= 0.3 is 17.9 Å². The van der Waals surface area contributed by atoms with Crippen LogP contribution in [0.3, 0.4) is 0 Å². The van der Waals surface area contributed by atoms with Crippen molar-refractivity contribution < 1.29 is 31.9 Å². The van der Waals surface area contributed by atoms with E-state index < -0.39 is 23.5 Å². The van der Waals surface area contributed by atoms with E-state index in [0.29, 0.717) is 10.9 Å². The van der Waals surface area contributed by atoms with Crippen LogP contribution >= 0.6 is 0 Å². The van der Waals surface area contributed by atoms with Crippen LogP contribution in [-0.4, -0.2) is 18.4 Å². The highest BCUT2D eigenvalue weighted by Gasteiger charge is 2.32. The fourth-order valence-corrected chi connectivity index (χ4v) is 1.91. The summed E-state index contributed by atoms with van der Waals surface area (Å²) in [6.07, 6.45) is -4.51. The zero-order chi connectivity index (χ0) is 15.8. The van der Waals surface area contributed by atoms with Crippen molar-refractivity contribution in [2.45, 2.75) is 20.0 Å². The van der Waals surface area contributed by atoms with Gasteiger partial charge in [0.1, 0.15) is 5.58 Å². The second kappa shape index (κ2) is 5.23. The second-order valence-corrected chi connectivity index (χ2v) is 4.31. The third-order valence-electron chi connectivity index (χ3n) is 2.93. The summed E-state index contributed by atoms with van der Waals surface area (Å²) in [5.41, 5.74) is -0.689. The summed E-state index contributed by atoms with van der Waals surface area (Å²) >= 11 is 0. The molecule has 0 bridgehead atoms. The molecule has 2 rings (SSSR count). The Balaban J connectivity index is 2.51. The van der Waals surface area contributed by atoms with E-state index in [2.05, 4.69) is 4.74 Å². The maximum atomic E-state index is 12.6. The van der Waals surface area contributed by atoms with Crippen LogP contribution in [0.2, 0.25) is 0 Å². The molecule has 0 N–H and O–H groups in total. The highest BCUT2D eigenvalue weighted by molar-refractivity contribution is 6.40. The van der Waals surface area contributed by atoms with Crippen molar-refractivity contribution in [1.82, 2.24) is 0 Å². The molecule has 0 spiro atoms. The molecule has 1 aromatic heterocycles. The first-order valence-electron chi connectivity index (χ1n) is 6.07. The molecule has 112 valence electrons. The number of hydrogen-bond acceptors (Lipinski definition) is 4. The number of carbonyl (C=O) groups is 2. The molecule has 2 aromatic rings. The largest absolute Gasteiger partial charge is 0.460 e. The molecule has 0 aliphatic carbocycles. The first-order chi connectivity index (χ1) is 9.75. The number of aryl methyl sites for hydroxylation is 1. The number of ether oxygens (including phenoxy) is 1. The number of furan rings is 1. The van der Waals surface area contributed by atoms with Gasteiger partial charge in [-0.1, -0.05) is 6.07 Å². The first kappa shape index (κ1) is 15.1. The minimum absolute atomic E-state index is 0.0159. The predicted octanol–water partition coefficient (Wildman–Crippen LogP) is 3.51. The van der Waals surface area contributed by atoms with E-state index in [1.807, 2.05) is 0 Å². The Morgan fingerprint density at radius 2 is 1.95 bits per heavy atom. The zero-order valence-electron chi connectivity index (χ0n) is 11.2. The number of fused-ring (bicyclic) bond motifs is 1. The predicted molar refractivity (Wildman–Crippen MR) is 66.9 cm³/mol. The van der Waals surface area contributed by atoms with Crippen molar-refractivity contribution in [2.24, 2.45) is 0 Å². The van der Waals surface area contributed by atoms with Crippen molar-refractivity contribution in [1.29, 1.82) is 0 Å². The van der Waals surface area contributed by atoms with E-state index in [1.165, 1.54) is 19.9 Å². The average Bonchev–Trinajstić information content (AvgIpc) is 2.74. The van der Waals surface area contributed by atoms with Crippen LogP contribution in [0.4, 0.5) is 13.2 Å². The lowest BCUT2D eigenvalue weighted by atomic mass is 10.1. The van der Waals surface area contributed by atoms with Crippen LogP contribution in [0, 0.1) is 6.92 Å². The molecule has 0 aliphatic heterocycles. The fraction of sp³-hybridized carbons (Fsp3) is 0.286. The van der Waals surface area contributed by atoms with E-state index in [0.717, 1.165) is 12.1 Å². The Morgan fingerprint density at radius 3 is 2.52 bits per heavy atom. The van der Waals surface area contributed by atoms with Gasteiger partial charge in [-0.2, -0.15) is 13.2 Å². The molecule has 0 unspecified atom stereocenters. The third-order valence-corrected chi connectivity index (χ3v) is 2.93. The number of alkyl halides is 3. The van der Waals surface area contributed by atoms with Crippen molar-refractivity contribution in [3.05, 3.63) is 35.1 Å². The highest BCUT2D eigenvalue weighted by Crippen LogP contribution is 2.34. The van der Waals surface area contributed by atoms with E-state index in [4.69, 9.17) is 4.42 Å². The van der Waals surface area contributed by atoms with Gasteiger partial charge in [-0.3, -0.25) is 4.79 Å². The molecular weight excluding hydrogens is 289 g/mol. The molecule has 0 fully saturated rings. The third kappa shape index (κ3) is 2.76. The molecule has 0 saturated heterocycles. The van der Waals surface area contributed by atoms with Gasteiger partial charge in [-0.05, 0) is 26.0 Å². The average molecular weight is 300 g/mol. The van der Waals surface area contributed by atoms with E-state index >= 15 is 0 Å². The lowest BCUT2D eigenvalue weighted by molar-refractivity contribution is -0.138. The molecule has 0 saturated carbocycles. The summed E-state index contributed by atoms with van der Waals surface area (Å²) in [6, 6.07) is 2.90. The number of ketones is 1. The van der Waals surface area contributed by atoms with E-state index in [1.54, 1.807) is 0 Å². The van der Waals surface area contributed by atoms with Gasteiger partial charge in [-0.15, -0.1) is 0 Å². The van der Waals surface area contributed by atoms with Crippen LogP contribution in [0.15, 0.2) is 22.6 Å². The molecule has 0 amide bonds. The van der Waals surface area contributed by atoms with E-state index in [-0.39, 0.29) is 18.0 Å². The normalized spacial score (nSPS) is 11.7. The van der Waals surface area contributed by atoms with Crippen LogP contribution < -0.4 is 0 Å². The number of carbonyl (C=O) groups excluding carboxylic acids is 2. The molecule has 1 aromatic carbocycles. The summed E-state index contributed by atoms with van der Waals surface area (Å²) in [5, 5.41) is 0.343. The van der Waals surface area contributed by atoms with Crippen LogP contribution in [0.25, 0.3) is 11.0 Å². The summed E-state index contributed by atoms with van der Waals surface area (Å²) in [7, 11) is 0. The minimum atomic E-state index is -4.51. The van der Waals surface area contributed by atoms with Crippen molar-refractivity contribution in [3.63, 3.8) is 0 Å².